The van der Waals surface area contributed by atoms with Crippen LogP contribution in [0.5, 0.6) is 0 Å². The molecule has 0 saturated heterocycles. The zero-order valence-electron chi connectivity index (χ0n) is 10.6. The van der Waals surface area contributed by atoms with Gasteiger partial charge in [0.2, 0.25) is 0 Å². The Morgan fingerprint density at radius 1 is 1.47 bits per heavy atom. The van der Waals surface area contributed by atoms with Crippen molar-refractivity contribution in [2.45, 2.75) is 26.7 Å². The number of aryl methyl sites for hydroxylation is 1. The van der Waals surface area contributed by atoms with Gasteiger partial charge in [-0.1, -0.05) is 20.3 Å². The molecule has 3 nitrogen and oxygen atoms in total. The summed E-state index contributed by atoms with van der Waals surface area (Å²) in [5.74, 6) is 1.74. The fourth-order valence-electron chi connectivity index (χ4n) is 1.96. The van der Waals surface area contributed by atoms with E-state index in [0.717, 1.165) is 29.7 Å². The molecule has 88 valence electrons. The van der Waals surface area contributed by atoms with Crippen molar-refractivity contribution in [1.29, 1.82) is 5.26 Å². The van der Waals surface area contributed by atoms with Crippen LogP contribution in [0.1, 0.15) is 31.7 Å². The highest BCUT2D eigenvalue weighted by molar-refractivity contribution is 5.77. The van der Waals surface area contributed by atoms with E-state index in [0.29, 0.717) is 11.5 Å². The van der Waals surface area contributed by atoms with Crippen LogP contribution in [0.3, 0.4) is 0 Å². The Morgan fingerprint density at radius 3 is 2.88 bits per heavy atom. The van der Waals surface area contributed by atoms with Crippen molar-refractivity contribution in [2.24, 2.45) is 13.0 Å². The highest BCUT2D eigenvalue weighted by Gasteiger charge is 2.10. The van der Waals surface area contributed by atoms with Gasteiger partial charge in [0.25, 0.3) is 0 Å². The third kappa shape index (κ3) is 2.16. The summed E-state index contributed by atoms with van der Waals surface area (Å²) in [5.41, 5.74) is 2.69. The molecule has 0 radical (unpaired) electrons. The Bertz CT molecular complexity index is 575. The van der Waals surface area contributed by atoms with Crippen LogP contribution in [-0.4, -0.2) is 9.55 Å². The van der Waals surface area contributed by atoms with Crippen LogP contribution in [-0.2, 0) is 13.5 Å². The van der Waals surface area contributed by atoms with Crippen LogP contribution in [0.4, 0.5) is 0 Å². The number of nitriles is 1. The molecule has 1 aromatic heterocycles. The fraction of sp³-hybridized carbons (Fsp3) is 0.429. The monoisotopic (exact) mass is 227 g/mol. The second-order valence-electron chi connectivity index (χ2n) is 4.62. The van der Waals surface area contributed by atoms with E-state index >= 15 is 0 Å². The minimum absolute atomic E-state index is 0.640. The Balaban J connectivity index is 2.46. The van der Waals surface area contributed by atoms with Gasteiger partial charge in [-0.15, -0.1) is 0 Å². The number of hydrogen-bond donors (Lipinski definition) is 0. The number of rotatable bonds is 3. The molecule has 0 saturated carbocycles. The molecule has 17 heavy (non-hydrogen) atoms. The minimum Gasteiger partial charge on any atom is -0.331 e. The lowest BCUT2D eigenvalue weighted by atomic mass is 10.1. The Labute approximate surface area is 102 Å². The van der Waals surface area contributed by atoms with Crippen molar-refractivity contribution in [1.82, 2.24) is 9.55 Å². The number of imidazole rings is 1. The van der Waals surface area contributed by atoms with Crippen LogP contribution in [0, 0.1) is 17.2 Å². The summed E-state index contributed by atoms with van der Waals surface area (Å²) in [6.45, 7) is 4.43. The highest BCUT2D eigenvalue weighted by Crippen LogP contribution is 2.19. The molecule has 2 rings (SSSR count). The lowest BCUT2D eigenvalue weighted by molar-refractivity contribution is 0.535. The standard InChI is InChI=1S/C14H17N3/c1-4-10(2)7-14-16-12-8-11(9-15)5-6-13(12)17(14)3/h5-6,8,10H,4,7H2,1-3H3. The largest absolute Gasteiger partial charge is 0.331 e. The topological polar surface area (TPSA) is 41.6 Å². The quantitative estimate of drug-likeness (QED) is 0.808. The summed E-state index contributed by atoms with van der Waals surface area (Å²) in [5, 5.41) is 8.87. The van der Waals surface area contributed by atoms with E-state index in [1.165, 1.54) is 0 Å². The molecule has 1 aromatic carbocycles. The van der Waals surface area contributed by atoms with Crippen LogP contribution in [0.2, 0.25) is 0 Å². The summed E-state index contributed by atoms with van der Waals surface area (Å²) < 4.78 is 2.13. The molecule has 0 aliphatic heterocycles. The summed E-state index contributed by atoms with van der Waals surface area (Å²) in [7, 11) is 2.04. The maximum Gasteiger partial charge on any atom is 0.109 e. The number of nitrogens with zero attached hydrogens (tertiary/aromatic N) is 3. The Hall–Kier alpha value is -1.82. The van der Waals surface area contributed by atoms with E-state index in [1.807, 2.05) is 25.2 Å². The van der Waals surface area contributed by atoms with Gasteiger partial charge >= 0.3 is 0 Å². The molecule has 0 bridgehead atoms. The first-order valence-corrected chi connectivity index (χ1v) is 6.01. The number of fused-ring (bicyclic) bond motifs is 1. The SMILES string of the molecule is CCC(C)Cc1nc2cc(C#N)ccc2n1C. The first-order valence-electron chi connectivity index (χ1n) is 6.01. The molecule has 0 spiro atoms. The van der Waals surface area contributed by atoms with Crippen molar-refractivity contribution in [2.75, 3.05) is 0 Å². The predicted octanol–water partition coefficient (Wildman–Crippen LogP) is 3.03. The van der Waals surface area contributed by atoms with Crippen molar-refractivity contribution in [3.05, 3.63) is 29.6 Å². The molecule has 0 aliphatic rings. The molecule has 2 aromatic rings. The van der Waals surface area contributed by atoms with Crippen molar-refractivity contribution in [3.8, 4) is 6.07 Å². The highest BCUT2D eigenvalue weighted by atomic mass is 15.1. The zero-order chi connectivity index (χ0) is 12.4. The molecule has 0 fully saturated rings. The minimum atomic E-state index is 0.640. The van der Waals surface area contributed by atoms with Gasteiger partial charge in [-0.25, -0.2) is 4.98 Å². The van der Waals surface area contributed by atoms with Crippen LogP contribution in [0.15, 0.2) is 18.2 Å². The summed E-state index contributed by atoms with van der Waals surface area (Å²) >= 11 is 0. The Kier molecular flexibility index (Phi) is 3.14. The van der Waals surface area contributed by atoms with Gasteiger partial charge in [-0.05, 0) is 24.1 Å². The van der Waals surface area contributed by atoms with Gasteiger partial charge in [0.05, 0.1) is 22.7 Å². The predicted molar refractivity (Wildman–Crippen MR) is 68.6 cm³/mol. The molecule has 1 heterocycles. The van der Waals surface area contributed by atoms with Crippen LogP contribution < -0.4 is 0 Å². The van der Waals surface area contributed by atoms with Gasteiger partial charge < -0.3 is 4.57 Å². The second kappa shape index (κ2) is 4.58. The van der Waals surface area contributed by atoms with Gasteiger partial charge in [0, 0.05) is 13.5 Å². The van der Waals surface area contributed by atoms with E-state index in [-0.39, 0.29) is 0 Å². The van der Waals surface area contributed by atoms with E-state index in [4.69, 9.17) is 5.26 Å². The van der Waals surface area contributed by atoms with E-state index in [9.17, 15) is 0 Å². The smallest absolute Gasteiger partial charge is 0.109 e. The maximum absolute atomic E-state index is 8.87. The third-order valence-corrected chi connectivity index (χ3v) is 3.33. The van der Waals surface area contributed by atoms with Crippen molar-refractivity contribution < 1.29 is 0 Å². The van der Waals surface area contributed by atoms with Crippen molar-refractivity contribution >= 4 is 11.0 Å². The molecule has 0 amide bonds. The molecule has 0 N–H and O–H groups in total. The van der Waals surface area contributed by atoms with Crippen LogP contribution >= 0.6 is 0 Å². The van der Waals surface area contributed by atoms with Gasteiger partial charge in [0.15, 0.2) is 0 Å². The second-order valence-corrected chi connectivity index (χ2v) is 4.62. The van der Waals surface area contributed by atoms with Gasteiger partial charge in [-0.2, -0.15) is 5.26 Å². The average Bonchev–Trinajstić information content (AvgIpc) is 2.65. The molecule has 1 atom stereocenters. The lowest BCUT2D eigenvalue weighted by Crippen LogP contribution is -2.04. The number of hydrogen-bond acceptors (Lipinski definition) is 2. The molecular formula is C14H17N3. The average molecular weight is 227 g/mol. The Morgan fingerprint density at radius 2 is 2.24 bits per heavy atom. The van der Waals surface area contributed by atoms with Gasteiger partial charge in [-0.3, -0.25) is 0 Å². The maximum atomic E-state index is 8.87. The van der Waals surface area contributed by atoms with E-state index in [2.05, 4.69) is 29.5 Å². The summed E-state index contributed by atoms with van der Waals surface area (Å²) in [6.07, 6.45) is 2.15. The third-order valence-electron chi connectivity index (χ3n) is 3.33. The normalized spacial score (nSPS) is 12.6. The summed E-state index contributed by atoms with van der Waals surface area (Å²) in [6, 6.07) is 7.82. The first-order chi connectivity index (χ1) is 8.15. The molecule has 3 heteroatoms. The van der Waals surface area contributed by atoms with Gasteiger partial charge in [0.1, 0.15) is 5.82 Å². The van der Waals surface area contributed by atoms with E-state index < -0.39 is 0 Å². The number of aromatic nitrogens is 2. The van der Waals surface area contributed by atoms with E-state index in [1.54, 1.807) is 0 Å². The van der Waals surface area contributed by atoms with Crippen LogP contribution in [0.25, 0.3) is 11.0 Å². The fourth-order valence-corrected chi connectivity index (χ4v) is 1.96. The lowest BCUT2D eigenvalue weighted by Gasteiger charge is -2.07. The summed E-state index contributed by atoms with van der Waals surface area (Å²) in [4.78, 5) is 4.62. The first kappa shape index (κ1) is 11.7. The zero-order valence-corrected chi connectivity index (χ0v) is 10.6. The number of benzene rings is 1. The van der Waals surface area contributed by atoms with Crippen molar-refractivity contribution in [3.63, 3.8) is 0 Å². The molecule has 0 aliphatic carbocycles. The molecular weight excluding hydrogens is 210 g/mol. The molecule has 1 unspecified atom stereocenters.